The van der Waals surface area contributed by atoms with Crippen molar-refractivity contribution in [1.29, 1.82) is 0 Å². The lowest BCUT2D eigenvalue weighted by atomic mass is 9.94. The number of rotatable bonds is 4. The lowest BCUT2D eigenvalue weighted by Crippen LogP contribution is -2.42. The fourth-order valence-corrected chi connectivity index (χ4v) is 4.62. The highest BCUT2D eigenvalue weighted by Gasteiger charge is 2.50. The number of hydrogen-bond donors (Lipinski definition) is 2. The van der Waals surface area contributed by atoms with E-state index in [1.54, 1.807) is 5.06 Å². The molecule has 4 atom stereocenters. The molecule has 3 aliphatic rings. The Balaban J connectivity index is 1.43. The lowest BCUT2D eigenvalue weighted by molar-refractivity contribution is -0.141. The highest BCUT2D eigenvalue weighted by Crippen LogP contribution is 2.54. The molecule has 1 aliphatic heterocycles. The van der Waals surface area contributed by atoms with Gasteiger partial charge >= 0.3 is 0 Å². The van der Waals surface area contributed by atoms with Gasteiger partial charge in [-0.15, -0.1) is 5.06 Å². The predicted octanol–water partition coefficient (Wildman–Crippen LogP) is 2.23. The molecule has 5 heteroatoms. The fraction of sp³-hybridized carbons (Fsp3) is 0.550. The molecule has 2 aliphatic carbocycles. The van der Waals surface area contributed by atoms with E-state index >= 15 is 0 Å². The van der Waals surface area contributed by atoms with Crippen LogP contribution in [0.25, 0.3) is 0 Å². The minimum absolute atomic E-state index is 0.00276. The minimum atomic E-state index is -0.332. The maximum atomic E-state index is 12.8. The summed E-state index contributed by atoms with van der Waals surface area (Å²) in [6.45, 7) is 0.825. The van der Waals surface area contributed by atoms with Gasteiger partial charge in [-0.25, -0.2) is 0 Å². The van der Waals surface area contributed by atoms with E-state index in [0.717, 1.165) is 42.6 Å². The molecule has 0 bridgehead atoms. The Bertz CT molecular complexity index is 673. The molecule has 1 heterocycles. The van der Waals surface area contributed by atoms with Crippen LogP contribution in [0.2, 0.25) is 0 Å². The molecule has 0 radical (unpaired) electrons. The fourth-order valence-electron chi connectivity index (χ4n) is 4.62. The maximum absolute atomic E-state index is 12.8. The molecule has 0 aromatic heterocycles. The number of amides is 1. The summed E-state index contributed by atoms with van der Waals surface area (Å²) in [4.78, 5) is 18.7. The number of aliphatic hydroxyl groups is 1. The molecular formula is C20H26N2O3. The molecule has 1 unspecified atom stereocenters. The number of benzene rings is 1. The Hall–Kier alpha value is -1.85. The summed E-state index contributed by atoms with van der Waals surface area (Å²) in [5.74, 6) is 2.70. The van der Waals surface area contributed by atoms with Crippen molar-refractivity contribution in [2.75, 3.05) is 13.7 Å². The number of carbonyl (C=O) groups excluding carboxylic acids is 1. The van der Waals surface area contributed by atoms with Gasteiger partial charge in [0.15, 0.2) is 0 Å². The number of carbonyl (C=O) groups is 1. The first-order chi connectivity index (χ1) is 12.2. The van der Waals surface area contributed by atoms with Gasteiger partial charge in [-0.05, 0) is 48.2 Å². The van der Waals surface area contributed by atoms with E-state index in [9.17, 15) is 9.90 Å². The summed E-state index contributed by atoms with van der Waals surface area (Å²) in [5, 5.41) is 14.2. The summed E-state index contributed by atoms with van der Waals surface area (Å²) in [5.41, 5.74) is 2.23. The summed E-state index contributed by atoms with van der Waals surface area (Å²) >= 11 is 0. The van der Waals surface area contributed by atoms with Crippen LogP contribution < -0.4 is 5.32 Å². The highest BCUT2D eigenvalue weighted by atomic mass is 16.7. The summed E-state index contributed by atoms with van der Waals surface area (Å²) < 4.78 is 0. The number of hydrogen-bond acceptors (Lipinski definition) is 4. The zero-order valence-corrected chi connectivity index (χ0v) is 14.6. The SMILES string of the molecule is CN1OC2=C(CC[C@@H]3[C@H](CO)[C@@H]3CC2)C1C(=O)NCc1ccccc1. The van der Waals surface area contributed by atoms with E-state index in [2.05, 4.69) is 5.32 Å². The van der Waals surface area contributed by atoms with Crippen molar-refractivity contribution >= 4 is 5.91 Å². The third-order valence-corrected chi connectivity index (χ3v) is 6.04. The van der Waals surface area contributed by atoms with Gasteiger partial charge in [-0.2, -0.15) is 0 Å². The van der Waals surface area contributed by atoms with E-state index in [1.165, 1.54) is 0 Å². The molecular weight excluding hydrogens is 316 g/mol. The van der Waals surface area contributed by atoms with Crippen LogP contribution in [0.5, 0.6) is 0 Å². The maximum Gasteiger partial charge on any atom is 0.245 e. The second-order valence-corrected chi connectivity index (χ2v) is 7.44. The van der Waals surface area contributed by atoms with Crippen LogP contribution in [-0.2, 0) is 16.2 Å². The van der Waals surface area contributed by atoms with Crippen LogP contribution >= 0.6 is 0 Å². The molecule has 1 amide bonds. The summed E-state index contributed by atoms with van der Waals surface area (Å²) in [6, 6.07) is 9.62. The molecule has 0 spiro atoms. The van der Waals surface area contributed by atoms with Crippen LogP contribution in [0, 0.1) is 17.8 Å². The summed E-state index contributed by atoms with van der Waals surface area (Å²) in [6.07, 6.45) is 3.87. The van der Waals surface area contributed by atoms with Gasteiger partial charge in [0, 0.05) is 26.6 Å². The van der Waals surface area contributed by atoms with Crippen molar-refractivity contribution in [2.24, 2.45) is 17.8 Å². The Kier molecular flexibility index (Phi) is 4.52. The highest BCUT2D eigenvalue weighted by molar-refractivity contribution is 5.85. The van der Waals surface area contributed by atoms with Crippen LogP contribution in [0.4, 0.5) is 0 Å². The predicted molar refractivity (Wildman–Crippen MR) is 94.0 cm³/mol. The molecule has 1 aromatic carbocycles. The van der Waals surface area contributed by atoms with Crippen LogP contribution in [0.3, 0.4) is 0 Å². The first kappa shape index (κ1) is 16.6. The van der Waals surface area contributed by atoms with Gasteiger partial charge in [-0.1, -0.05) is 30.3 Å². The number of fused-ring (bicyclic) bond motifs is 1. The Labute approximate surface area is 148 Å². The number of aliphatic hydroxyl groups excluding tert-OH is 1. The zero-order valence-electron chi connectivity index (χ0n) is 14.6. The molecule has 1 saturated carbocycles. The van der Waals surface area contributed by atoms with Crippen LogP contribution in [-0.4, -0.2) is 35.8 Å². The molecule has 0 saturated heterocycles. The van der Waals surface area contributed by atoms with Crippen molar-refractivity contribution in [3.05, 3.63) is 47.2 Å². The van der Waals surface area contributed by atoms with E-state index < -0.39 is 0 Å². The van der Waals surface area contributed by atoms with E-state index in [1.807, 2.05) is 37.4 Å². The molecule has 134 valence electrons. The van der Waals surface area contributed by atoms with E-state index in [-0.39, 0.29) is 11.9 Å². The van der Waals surface area contributed by atoms with Gasteiger partial charge < -0.3 is 15.3 Å². The zero-order chi connectivity index (χ0) is 17.4. The third-order valence-electron chi connectivity index (χ3n) is 6.04. The van der Waals surface area contributed by atoms with Crippen molar-refractivity contribution in [1.82, 2.24) is 10.4 Å². The quantitative estimate of drug-likeness (QED) is 0.881. The molecule has 1 aromatic rings. The van der Waals surface area contributed by atoms with E-state index in [0.29, 0.717) is 30.9 Å². The van der Waals surface area contributed by atoms with Gasteiger partial charge in [-0.3, -0.25) is 4.79 Å². The first-order valence-electron chi connectivity index (χ1n) is 9.24. The summed E-state index contributed by atoms with van der Waals surface area (Å²) in [7, 11) is 1.84. The average Bonchev–Trinajstić information content (AvgIpc) is 3.19. The molecule has 25 heavy (non-hydrogen) atoms. The van der Waals surface area contributed by atoms with Gasteiger partial charge in [0.25, 0.3) is 0 Å². The Morgan fingerprint density at radius 3 is 2.68 bits per heavy atom. The second-order valence-electron chi connectivity index (χ2n) is 7.44. The van der Waals surface area contributed by atoms with Gasteiger partial charge in [0.05, 0.1) is 0 Å². The largest absolute Gasteiger partial charge is 0.410 e. The smallest absolute Gasteiger partial charge is 0.245 e. The van der Waals surface area contributed by atoms with Gasteiger partial charge in [0.1, 0.15) is 11.8 Å². The first-order valence-corrected chi connectivity index (χ1v) is 9.24. The number of nitrogens with one attached hydrogen (secondary N) is 1. The van der Waals surface area contributed by atoms with Crippen molar-refractivity contribution < 1.29 is 14.7 Å². The topological polar surface area (TPSA) is 61.8 Å². The average molecular weight is 342 g/mol. The third kappa shape index (κ3) is 3.18. The van der Waals surface area contributed by atoms with Crippen molar-refractivity contribution in [3.63, 3.8) is 0 Å². The Morgan fingerprint density at radius 2 is 1.96 bits per heavy atom. The van der Waals surface area contributed by atoms with Gasteiger partial charge in [0.2, 0.25) is 5.91 Å². The second kappa shape index (κ2) is 6.81. The number of nitrogens with zero attached hydrogens (tertiary/aromatic N) is 1. The molecule has 5 nitrogen and oxygen atoms in total. The monoisotopic (exact) mass is 342 g/mol. The number of likely N-dealkylation sites (N-methyl/N-ethyl adjacent to an activating group) is 1. The van der Waals surface area contributed by atoms with E-state index in [4.69, 9.17) is 4.84 Å². The van der Waals surface area contributed by atoms with Crippen molar-refractivity contribution in [3.8, 4) is 0 Å². The normalized spacial score (nSPS) is 31.4. The minimum Gasteiger partial charge on any atom is -0.410 e. The molecule has 4 rings (SSSR count). The number of hydroxylamine groups is 2. The lowest BCUT2D eigenvalue weighted by Gasteiger charge is -2.20. The molecule has 2 N–H and O–H groups in total. The van der Waals surface area contributed by atoms with Crippen LogP contribution in [0.1, 0.15) is 31.2 Å². The number of allylic oxidation sites excluding steroid dienone is 1. The standard InChI is InChI=1S/C20H26N2O3/c1-22-19(20(24)21-11-13-5-3-2-4-6-13)16-8-7-14-15(17(14)12-23)9-10-18(16)25-22/h2-6,14-15,17,19,23H,7-12H2,1H3,(H,21,24)/t14-,15+,17-,19?/m0/s1. The molecule has 1 fully saturated rings. The van der Waals surface area contributed by atoms with Crippen molar-refractivity contribution in [2.45, 2.75) is 38.3 Å². The van der Waals surface area contributed by atoms with Crippen LogP contribution in [0.15, 0.2) is 41.7 Å². The Morgan fingerprint density at radius 1 is 1.24 bits per heavy atom.